The minimum Gasteiger partial charge on any atom is -0.383 e. The van der Waals surface area contributed by atoms with Gasteiger partial charge >= 0.3 is 0 Å². The van der Waals surface area contributed by atoms with Gasteiger partial charge in [-0.2, -0.15) is 0 Å². The molecule has 4 heteroatoms. The van der Waals surface area contributed by atoms with Crippen LogP contribution in [0.5, 0.6) is 0 Å². The molecule has 0 aromatic carbocycles. The van der Waals surface area contributed by atoms with E-state index in [0.29, 0.717) is 19.6 Å². The van der Waals surface area contributed by atoms with Gasteiger partial charge in [0.2, 0.25) is 5.91 Å². The molecule has 0 aromatic heterocycles. The Bertz CT molecular complexity index is 173. The van der Waals surface area contributed by atoms with Gasteiger partial charge < -0.3 is 15.0 Å². The fourth-order valence-corrected chi connectivity index (χ4v) is 1.54. The third-order valence-electron chi connectivity index (χ3n) is 2.34. The van der Waals surface area contributed by atoms with Crippen molar-refractivity contribution in [2.45, 2.75) is 19.4 Å². The summed E-state index contributed by atoms with van der Waals surface area (Å²) in [5, 5.41) is 3.23. The minimum atomic E-state index is 0.231. The monoisotopic (exact) mass is 186 g/mol. The lowest BCUT2D eigenvalue weighted by Gasteiger charge is -2.26. The topological polar surface area (TPSA) is 41.6 Å². The Hall–Kier alpha value is -0.610. The summed E-state index contributed by atoms with van der Waals surface area (Å²) in [6.45, 7) is 5.07. The first-order chi connectivity index (χ1) is 6.25. The molecule has 1 atom stereocenters. The van der Waals surface area contributed by atoms with Gasteiger partial charge in [0.15, 0.2) is 0 Å². The van der Waals surface area contributed by atoms with Crippen molar-refractivity contribution < 1.29 is 9.53 Å². The number of carbonyl (C=O) groups is 1. The molecule has 76 valence electrons. The summed E-state index contributed by atoms with van der Waals surface area (Å²) in [6.07, 6.45) is 0.605. The van der Waals surface area contributed by atoms with E-state index in [1.54, 1.807) is 7.11 Å². The lowest BCUT2D eigenvalue weighted by Crippen LogP contribution is -2.42. The quantitative estimate of drug-likeness (QED) is 0.666. The fourth-order valence-electron chi connectivity index (χ4n) is 1.54. The molecular weight excluding hydrogens is 168 g/mol. The number of nitrogens with zero attached hydrogens (tertiary/aromatic N) is 1. The van der Waals surface area contributed by atoms with Crippen LogP contribution >= 0.6 is 0 Å². The molecule has 1 unspecified atom stereocenters. The van der Waals surface area contributed by atoms with Crippen molar-refractivity contribution in [3.63, 3.8) is 0 Å². The van der Waals surface area contributed by atoms with Crippen LogP contribution < -0.4 is 5.32 Å². The molecule has 1 N–H and O–H groups in total. The maximum absolute atomic E-state index is 11.6. The van der Waals surface area contributed by atoms with Gasteiger partial charge in [0.05, 0.1) is 6.61 Å². The van der Waals surface area contributed by atoms with Gasteiger partial charge in [-0.05, 0) is 6.92 Å². The second-order valence-electron chi connectivity index (χ2n) is 3.38. The SMILES string of the molecule is COCCN1C(=O)CCNCC1C. The van der Waals surface area contributed by atoms with E-state index in [4.69, 9.17) is 4.74 Å². The van der Waals surface area contributed by atoms with Crippen LogP contribution in [0.4, 0.5) is 0 Å². The first-order valence-corrected chi connectivity index (χ1v) is 4.75. The van der Waals surface area contributed by atoms with Gasteiger partial charge in [0.1, 0.15) is 0 Å². The Kier molecular flexibility index (Phi) is 4.18. The molecule has 1 amide bonds. The lowest BCUT2D eigenvalue weighted by atomic mass is 10.3. The molecular formula is C9H18N2O2. The van der Waals surface area contributed by atoms with Crippen LogP contribution in [0.25, 0.3) is 0 Å². The second kappa shape index (κ2) is 5.19. The van der Waals surface area contributed by atoms with E-state index < -0.39 is 0 Å². The number of amides is 1. The maximum Gasteiger partial charge on any atom is 0.224 e. The molecule has 0 saturated carbocycles. The van der Waals surface area contributed by atoms with E-state index in [1.165, 1.54) is 0 Å². The summed E-state index contributed by atoms with van der Waals surface area (Å²) in [5.74, 6) is 0.231. The maximum atomic E-state index is 11.6. The fraction of sp³-hybridized carbons (Fsp3) is 0.889. The van der Waals surface area contributed by atoms with E-state index >= 15 is 0 Å². The molecule has 1 rings (SSSR count). The van der Waals surface area contributed by atoms with E-state index in [9.17, 15) is 4.79 Å². The predicted octanol–water partition coefficient (Wildman–Crippen LogP) is -0.157. The second-order valence-corrected chi connectivity index (χ2v) is 3.38. The minimum absolute atomic E-state index is 0.231. The van der Waals surface area contributed by atoms with Gasteiger partial charge in [-0.3, -0.25) is 4.79 Å². The number of hydrogen-bond donors (Lipinski definition) is 1. The zero-order valence-corrected chi connectivity index (χ0v) is 8.38. The molecule has 1 fully saturated rings. The van der Waals surface area contributed by atoms with Crippen molar-refractivity contribution in [1.29, 1.82) is 0 Å². The molecule has 1 heterocycles. The average Bonchev–Trinajstić information content (AvgIpc) is 2.26. The molecule has 13 heavy (non-hydrogen) atoms. The van der Waals surface area contributed by atoms with Gasteiger partial charge in [-0.25, -0.2) is 0 Å². The Labute approximate surface area is 79.2 Å². The molecule has 0 bridgehead atoms. The van der Waals surface area contributed by atoms with Gasteiger partial charge in [0.25, 0.3) is 0 Å². The number of ether oxygens (including phenoxy) is 1. The summed E-state index contributed by atoms with van der Waals surface area (Å²) < 4.78 is 4.97. The van der Waals surface area contributed by atoms with Crippen molar-refractivity contribution in [3.05, 3.63) is 0 Å². The van der Waals surface area contributed by atoms with Crippen molar-refractivity contribution >= 4 is 5.91 Å². The molecule has 0 aliphatic carbocycles. The Balaban J connectivity index is 2.48. The van der Waals surface area contributed by atoms with Crippen molar-refractivity contribution in [2.24, 2.45) is 0 Å². The van der Waals surface area contributed by atoms with Gasteiger partial charge in [-0.15, -0.1) is 0 Å². The van der Waals surface area contributed by atoms with Crippen LogP contribution in [0, 0.1) is 0 Å². The van der Waals surface area contributed by atoms with Crippen LogP contribution in [-0.2, 0) is 9.53 Å². The smallest absolute Gasteiger partial charge is 0.224 e. The van der Waals surface area contributed by atoms with Crippen molar-refractivity contribution in [3.8, 4) is 0 Å². The highest BCUT2D eigenvalue weighted by Crippen LogP contribution is 2.04. The number of nitrogens with one attached hydrogen (secondary N) is 1. The summed E-state index contributed by atoms with van der Waals surface area (Å²) in [7, 11) is 1.66. The molecule has 0 spiro atoms. The molecule has 4 nitrogen and oxygen atoms in total. The molecule has 1 aliphatic heterocycles. The van der Waals surface area contributed by atoms with E-state index in [-0.39, 0.29) is 11.9 Å². The Morgan fingerprint density at radius 1 is 1.69 bits per heavy atom. The van der Waals surface area contributed by atoms with E-state index in [1.807, 2.05) is 4.90 Å². The highest BCUT2D eigenvalue weighted by atomic mass is 16.5. The molecule has 1 saturated heterocycles. The van der Waals surface area contributed by atoms with Crippen molar-refractivity contribution in [1.82, 2.24) is 10.2 Å². The van der Waals surface area contributed by atoms with Gasteiger partial charge in [-0.1, -0.05) is 0 Å². The Morgan fingerprint density at radius 2 is 2.46 bits per heavy atom. The summed E-state index contributed by atoms with van der Waals surface area (Å²) in [4.78, 5) is 13.5. The summed E-state index contributed by atoms with van der Waals surface area (Å²) in [5.41, 5.74) is 0. The summed E-state index contributed by atoms with van der Waals surface area (Å²) in [6, 6.07) is 0.283. The largest absolute Gasteiger partial charge is 0.383 e. The van der Waals surface area contributed by atoms with Crippen molar-refractivity contribution in [2.75, 3.05) is 33.4 Å². The zero-order chi connectivity index (χ0) is 9.68. The highest BCUT2D eigenvalue weighted by molar-refractivity contribution is 5.77. The summed E-state index contributed by atoms with van der Waals surface area (Å²) >= 11 is 0. The normalized spacial score (nSPS) is 24.6. The molecule has 1 aliphatic rings. The number of hydrogen-bond acceptors (Lipinski definition) is 3. The van der Waals surface area contributed by atoms with Crippen LogP contribution in [0.3, 0.4) is 0 Å². The van der Waals surface area contributed by atoms with Crippen LogP contribution in [0.2, 0.25) is 0 Å². The number of rotatable bonds is 3. The predicted molar refractivity (Wildman–Crippen MR) is 50.5 cm³/mol. The zero-order valence-electron chi connectivity index (χ0n) is 8.38. The first kappa shape index (κ1) is 10.5. The van der Waals surface area contributed by atoms with Crippen LogP contribution in [0.15, 0.2) is 0 Å². The number of carbonyl (C=O) groups excluding carboxylic acids is 1. The molecule has 0 radical (unpaired) electrons. The van der Waals surface area contributed by atoms with Gasteiger partial charge in [0, 0.05) is 39.2 Å². The number of methoxy groups -OCH3 is 1. The standard InChI is InChI=1S/C9H18N2O2/c1-8-7-10-4-3-9(12)11(8)5-6-13-2/h8,10H,3-7H2,1-2H3. The lowest BCUT2D eigenvalue weighted by molar-refractivity contribution is -0.132. The van der Waals surface area contributed by atoms with E-state index in [0.717, 1.165) is 13.1 Å². The molecule has 0 aromatic rings. The third kappa shape index (κ3) is 2.97. The Morgan fingerprint density at radius 3 is 3.15 bits per heavy atom. The highest BCUT2D eigenvalue weighted by Gasteiger charge is 2.21. The van der Waals surface area contributed by atoms with Crippen LogP contribution in [-0.4, -0.2) is 50.2 Å². The van der Waals surface area contributed by atoms with Crippen LogP contribution in [0.1, 0.15) is 13.3 Å². The third-order valence-corrected chi connectivity index (χ3v) is 2.34. The first-order valence-electron chi connectivity index (χ1n) is 4.75. The average molecular weight is 186 g/mol. The van der Waals surface area contributed by atoms with E-state index in [2.05, 4.69) is 12.2 Å².